The highest BCUT2D eigenvalue weighted by atomic mass is 32.1. The number of carbonyl (C=O) groups excluding carboxylic acids is 1. The molecule has 0 saturated carbocycles. The number of carbonyl (C=O) groups is 1. The summed E-state index contributed by atoms with van der Waals surface area (Å²) in [5.41, 5.74) is 3.91. The average Bonchev–Trinajstić information content (AvgIpc) is 3.01. The highest BCUT2D eigenvalue weighted by Gasteiger charge is 2.21. The van der Waals surface area contributed by atoms with Crippen molar-refractivity contribution in [1.29, 1.82) is 0 Å². The van der Waals surface area contributed by atoms with E-state index in [1.807, 2.05) is 11.9 Å². The Kier molecular flexibility index (Phi) is 5.76. The summed E-state index contributed by atoms with van der Waals surface area (Å²) in [5.74, 6) is 0.206. The van der Waals surface area contributed by atoms with Crippen molar-refractivity contribution >= 4 is 22.9 Å². The van der Waals surface area contributed by atoms with Crippen LogP contribution in [0.15, 0.2) is 35.7 Å². The van der Waals surface area contributed by atoms with Crippen LogP contribution in [-0.4, -0.2) is 55.5 Å². The lowest BCUT2D eigenvalue weighted by molar-refractivity contribution is -0.131. The molecular weight excluding hydrogens is 330 g/mol. The second-order valence-electron chi connectivity index (χ2n) is 6.83. The van der Waals surface area contributed by atoms with Gasteiger partial charge in [0.15, 0.2) is 0 Å². The number of hydrogen-bond donors (Lipinski definition) is 0. The standard InChI is InChI=1S/C20H27N3OS/c1-16-6-4-5-7-18(16)23-11-9-22(10-12-23)15-20(24)21(3)14-19-17(2)8-13-25-19/h4-8,13H,9-12,14-15H2,1-3H3. The SMILES string of the molecule is Cc1ccccc1N1CCN(CC(=O)N(C)Cc2sccc2C)CC1. The predicted octanol–water partition coefficient (Wildman–Crippen LogP) is 3.15. The molecule has 3 rings (SSSR count). The van der Waals surface area contributed by atoms with E-state index in [-0.39, 0.29) is 5.91 Å². The Balaban J connectivity index is 1.49. The Bertz CT molecular complexity index is 719. The minimum absolute atomic E-state index is 0.206. The number of thiophene rings is 1. The molecule has 1 aliphatic rings. The van der Waals surface area contributed by atoms with E-state index in [9.17, 15) is 4.79 Å². The van der Waals surface area contributed by atoms with E-state index in [0.29, 0.717) is 13.1 Å². The maximum Gasteiger partial charge on any atom is 0.236 e. The molecule has 0 unspecified atom stereocenters. The number of aryl methyl sites for hydroxylation is 2. The van der Waals surface area contributed by atoms with E-state index in [1.165, 1.54) is 21.7 Å². The van der Waals surface area contributed by atoms with Crippen LogP contribution in [0.25, 0.3) is 0 Å². The van der Waals surface area contributed by atoms with Gasteiger partial charge < -0.3 is 9.80 Å². The van der Waals surface area contributed by atoms with E-state index >= 15 is 0 Å². The van der Waals surface area contributed by atoms with E-state index in [4.69, 9.17) is 0 Å². The van der Waals surface area contributed by atoms with Crippen molar-refractivity contribution in [2.24, 2.45) is 0 Å². The Labute approximate surface area is 154 Å². The van der Waals surface area contributed by atoms with Crippen LogP contribution in [0.2, 0.25) is 0 Å². The molecule has 0 atom stereocenters. The average molecular weight is 358 g/mol. The monoisotopic (exact) mass is 357 g/mol. The van der Waals surface area contributed by atoms with Gasteiger partial charge >= 0.3 is 0 Å². The second kappa shape index (κ2) is 8.02. The first kappa shape index (κ1) is 18.0. The zero-order valence-electron chi connectivity index (χ0n) is 15.4. The van der Waals surface area contributed by atoms with Crippen molar-refractivity contribution in [2.75, 3.05) is 44.7 Å². The smallest absolute Gasteiger partial charge is 0.236 e. The highest BCUT2D eigenvalue weighted by molar-refractivity contribution is 7.10. The van der Waals surface area contributed by atoms with E-state index in [0.717, 1.165) is 26.2 Å². The molecule has 0 aliphatic carbocycles. The topological polar surface area (TPSA) is 26.8 Å². The van der Waals surface area contributed by atoms with Gasteiger partial charge in [-0.1, -0.05) is 18.2 Å². The number of benzene rings is 1. The fourth-order valence-corrected chi connectivity index (χ4v) is 4.21. The van der Waals surface area contributed by atoms with Gasteiger partial charge in [0, 0.05) is 43.8 Å². The van der Waals surface area contributed by atoms with Gasteiger partial charge in [-0.15, -0.1) is 11.3 Å². The van der Waals surface area contributed by atoms with Crippen LogP contribution in [0.3, 0.4) is 0 Å². The number of anilines is 1. The molecule has 2 heterocycles. The van der Waals surface area contributed by atoms with Gasteiger partial charge in [0.1, 0.15) is 0 Å². The third-order valence-electron chi connectivity index (χ3n) is 4.96. The molecule has 0 spiro atoms. The molecule has 1 aromatic heterocycles. The summed E-state index contributed by atoms with van der Waals surface area (Å²) in [4.78, 5) is 20.4. The van der Waals surface area contributed by atoms with Crippen molar-refractivity contribution in [3.8, 4) is 0 Å². The molecule has 0 N–H and O–H groups in total. The van der Waals surface area contributed by atoms with Crippen molar-refractivity contribution in [2.45, 2.75) is 20.4 Å². The number of hydrogen-bond acceptors (Lipinski definition) is 4. The molecular formula is C20H27N3OS. The highest BCUT2D eigenvalue weighted by Crippen LogP contribution is 2.21. The Morgan fingerprint density at radius 1 is 1.08 bits per heavy atom. The van der Waals surface area contributed by atoms with Gasteiger partial charge in [-0.25, -0.2) is 0 Å². The summed E-state index contributed by atoms with van der Waals surface area (Å²) in [7, 11) is 1.91. The molecule has 1 fully saturated rings. The summed E-state index contributed by atoms with van der Waals surface area (Å²) in [6.45, 7) is 9.32. The van der Waals surface area contributed by atoms with Gasteiger partial charge in [0.2, 0.25) is 5.91 Å². The molecule has 2 aromatic rings. The van der Waals surface area contributed by atoms with Gasteiger partial charge in [-0.05, 0) is 42.5 Å². The summed E-state index contributed by atoms with van der Waals surface area (Å²) in [6, 6.07) is 10.6. The maximum atomic E-state index is 12.5. The van der Waals surface area contributed by atoms with E-state index < -0.39 is 0 Å². The summed E-state index contributed by atoms with van der Waals surface area (Å²) < 4.78 is 0. The normalized spacial score (nSPS) is 15.4. The molecule has 5 heteroatoms. The fraction of sp³-hybridized carbons (Fsp3) is 0.450. The second-order valence-corrected chi connectivity index (χ2v) is 7.83. The number of likely N-dealkylation sites (N-methyl/N-ethyl adjacent to an activating group) is 1. The molecule has 1 saturated heterocycles. The minimum atomic E-state index is 0.206. The third-order valence-corrected chi connectivity index (χ3v) is 5.97. The van der Waals surface area contributed by atoms with Crippen LogP contribution in [0.4, 0.5) is 5.69 Å². The van der Waals surface area contributed by atoms with Crippen LogP contribution in [0, 0.1) is 13.8 Å². The molecule has 134 valence electrons. The maximum absolute atomic E-state index is 12.5. The predicted molar refractivity (Wildman–Crippen MR) is 105 cm³/mol. The zero-order valence-corrected chi connectivity index (χ0v) is 16.2. The van der Waals surface area contributed by atoms with Crippen LogP contribution < -0.4 is 4.90 Å². The summed E-state index contributed by atoms with van der Waals surface area (Å²) in [6.07, 6.45) is 0. The zero-order chi connectivity index (χ0) is 17.8. The van der Waals surface area contributed by atoms with Crippen molar-refractivity contribution in [3.63, 3.8) is 0 Å². The van der Waals surface area contributed by atoms with E-state index in [1.54, 1.807) is 11.3 Å². The van der Waals surface area contributed by atoms with Gasteiger partial charge in [-0.3, -0.25) is 9.69 Å². The molecule has 4 nitrogen and oxygen atoms in total. The van der Waals surface area contributed by atoms with Crippen molar-refractivity contribution < 1.29 is 4.79 Å². The first-order valence-electron chi connectivity index (χ1n) is 8.84. The third kappa shape index (κ3) is 4.41. The lowest BCUT2D eigenvalue weighted by atomic mass is 10.1. The number of amides is 1. The van der Waals surface area contributed by atoms with Gasteiger partial charge in [0.25, 0.3) is 0 Å². The van der Waals surface area contributed by atoms with Crippen LogP contribution in [-0.2, 0) is 11.3 Å². The number of piperazine rings is 1. The molecule has 1 aromatic carbocycles. The Hall–Kier alpha value is -1.85. The first-order valence-corrected chi connectivity index (χ1v) is 9.72. The summed E-state index contributed by atoms with van der Waals surface area (Å²) >= 11 is 1.73. The van der Waals surface area contributed by atoms with Gasteiger partial charge in [0.05, 0.1) is 13.1 Å². The Morgan fingerprint density at radius 2 is 1.80 bits per heavy atom. The quantitative estimate of drug-likeness (QED) is 0.822. The number of para-hydroxylation sites is 1. The molecule has 1 amide bonds. The lowest BCUT2D eigenvalue weighted by Crippen LogP contribution is -2.49. The molecule has 0 radical (unpaired) electrons. The molecule has 25 heavy (non-hydrogen) atoms. The summed E-state index contributed by atoms with van der Waals surface area (Å²) in [5, 5.41) is 2.09. The number of nitrogens with zero attached hydrogens (tertiary/aromatic N) is 3. The number of rotatable bonds is 5. The fourth-order valence-electron chi connectivity index (χ4n) is 3.25. The van der Waals surface area contributed by atoms with Crippen LogP contribution in [0.1, 0.15) is 16.0 Å². The minimum Gasteiger partial charge on any atom is -0.369 e. The van der Waals surface area contributed by atoms with Crippen LogP contribution >= 0.6 is 11.3 Å². The van der Waals surface area contributed by atoms with Crippen molar-refractivity contribution in [3.05, 3.63) is 51.7 Å². The lowest BCUT2D eigenvalue weighted by Gasteiger charge is -2.37. The first-order chi connectivity index (χ1) is 12.0. The molecule has 1 aliphatic heterocycles. The van der Waals surface area contributed by atoms with Crippen molar-refractivity contribution in [1.82, 2.24) is 9.80 Å². The van der Waals surface area contributed by atoms with Gasteiger partial charge in [-0.2, -0.15) is 0 Å². The largest absolute Gasteiger partial charge is 0.369 e. The van der Waals surface area contributed by atoms with E-state index in [2.05, 4.69) is 59.4 Å². The molecule has 0 bridgehead atoms. The Morgan fingerprint density at radius 3 is 2.44 bits per heavy atom. The van der Waals surface area contributed by atoms with Crippen LogP contribution in [0.5, 0.6) is 0 Å².